The second-order valence-corrected chi connectivity index (χ2v) is 11.7. The highest BCUT2D eigenvalue weighted by atomic mass is 79.9. The molecule has 39 heavy (non-hydrogen) atoms. The van der Waals surface area contributed by atoms with Crippen LogP contribution < -0.4 is 11.2 Å². The van der Waals surface area contributed by atoms with Gasteiger partial charge in [0.15, 0.2) is 12.5 Å². The first kappa shape index (κ1) is 27.2. The van der Waals surface area contributed by atoms with E-state index in [1.807, 2.05) is 91.0 Å². The number of aromatic nitrogens is 2. The standard InChI is InChI=1S/C28H25BrN2O7S/c1-39(34,35)38-24-23(29)25(31-18-17-22(32)30-27(31)33)36-26(24)37-28(19-11-5-2-6-12-19,20-13-7-3-8-14-20)21-15-9-4-10-16-21/h2-18,23-26H,1H3,(H,30,32,33)/t23-,24-,25+,26-/m0/s1. The van der Waals surface area contributed by atoms with Crippen molar-refractivity contribution in [2.75, 3.05) is 6.26 Å². The van der Waals surface area contributed by atoms with E-state index in [0.717, 1.165) is 27.5 Å². The fourth-order valence-corrected chi connectivity index (χ4v) is 6.23. The highest BCUT2D eigenvalue weighted by Crippen LogP contribution is 2.46. The first-order valence-electron chi connectivity index (χ1n) is 12.0. The average molecular weight is 613 g/mol. The van der Waals surface area contributed by atoms with Crippen LogP contribution in [0.2, 0.25) is 0 Å². The number of rotatable bonds is 8. The second kappa shape index (κ2) is 11.0. The van der Waals surface area contributed by atoms with Crippen molar-refractivity contribution >= 4 is 26.0 Å². The molecule has 0 spiro atoms. The molecule has 0 bridgehead atoms. The predicted octanol–water partition coefficient (Wildman–Crippen LogP) is 3.51. The molecule has 5 rings (SSSR count). The van der Waals surface area contributed by atoms with Crippen molar-refractivity contribution < 1.29 is 22.1 Å². The van der Waals surface area contributed by atoms with Crippen molar-refractivity contribution in [2.45, 2.75) is 29.1 Å². The molecule has 0 saturated carbocycles. The first-order valence-corrected chi connectivity index (χ1v) is 14.8. The Bertz CT molecular complexity index is 1550. The van der Waals surface area contributed by atoms with E-state index >= 15 is 0 Å². The SMILES string of the molecule is CS(=O)(=O)O[C@@H]1[C@H](OC(c2ccccc2)(c2ccccc2)c2ccccc2)O[C@@H](n2ccc(=O)[nH]c2=O)[C@H]1Br. The topological polar surface area (TPSA) is 117 Å². The van der Waals surface area contributed by atoms with Crippen molar-refractivity contribution in [1.82, 2.24) is 9.55 Å². The Balaban J connectivity index is 1.69. The highest BCUT2D eigenvalue weighted by molar-refractivity contribution is 9.09. The molecule has 1 fully saturated rings. The molecule has 1 aliphatic heterocycles. The number of aromatic amines is 1. The van der Waals surface area contributed by atoms with Crippen LogP contribution in [-0.4, -0.2) is 41.4 Å². The van der Waals surface area contributed by atoms with Gasteiger partial charge in [-0.1, -0.05) is 107 Å². The summed E-state index contributed by atoms with van der Waals surface area (Å²) >= 11 is 3.48. The summed E-state index contributed by atoms with van der Waals surface area (Å²) in [6.45, 7) is 0. The third-order valence-electron chi connectivity index (χ3n) is 6.37. The molecule has 3 aromatic carbocycles. The van der Waals surface area contributed by atoms with E-state index in [9.17, 15) is 18.0 Å². The molecule has 1 aliphatic rings. The number of hydrogen-bond acceptors (Lipinski definition) is 7. The van der Waals surface area contributed by atoms with Crippen LogP contribution in [0, 0.1) is 0 Å². The van der Waals surface area contributed by atoms with Crippen molar-refractivity contribution in [1.29, 1.82) is 0 Å². The van der Waals surface area contributed by atoms with E-state index in [4.69, 9.17) is 13.7 Å². The fourth-order valence-electron chi connectivity index (χ4n) is 4.74. The van der Waals surface area contributed by atoms with Crippen molar-refractivity contribution in [2.24, 2.45) is 0 Å². The minimum atomic E-state index is -3.98. The van der Waals surface area contributed by atoms with Gasteiger partial charge in [-0.05, 0) is 16.7 Å². The largest absolute Gasteiger partial charge is 0.330 e. The molecule has 9 nitrogen and oxygen atoms in total. The zero-order chi connectivity index (χ0) is 27.6. The van der Waals surface area contributed by atoms with Gasteiger partial charge in [-0.3, -0.25) is 18.5 Å². The van der Waals surface area contributed by atoms with Gasteiger partial charge < -0.3 is 9.47 Å². The van der Waals surface area contributed by atoms with Crippen LogP contribution in [0.4, 0.5) is 0 Å². The lowest BCUT2D eigenvalue weighted by Crippen LogP contribution is -2.43. The Morgan fingerprint density at radius 2 is 1.33 bits per heavy atom. The number of alkyl halides is 1. The Morgan fingerprint density at radius 3 is 1.77 bits per heavy atom. The molecular formula is C28H25BrN2O7S. The van der Waals surface area contributed by atoms with Crippen LogP contribution in [0.25, 0.3) is 0 Å². The third-order valence-corrected chi connectivity index (χ3v) is 7.92. The Labute approximate surface area is 233 Å². The van der Waals surface area contributed by atoms with E-state index in [-0.39, 0.29) is 0 Å². The maximum atomic E-state index is 12.6. The number of hydrogen-bond donors (Lipinski definition) is 1. The van der Waals surface area contributed by atoms with Crippen molar-refractivity contribution in [3.05, 3.63) is 141 Å². The molecule has 2 heterocycles. The lowest BCUT2D eigenvalue weighted by Gasteiger charge is -2.38. The fraction of sp³-hybridized carbons (Fsp3) is 0.214. The summed E-state index contributed by atoms with van der Waals surface area (Å²) in [6, 6.07) is 29.6. The van der Waals surface area contributed by atoms with Gasteiger partial charge in [0, 0.05) is 12.3 Å². The maximum absolute atomic E-state index is 12.6. The highest BCUT2D eigenvalue weighted by Gasteiger charge is 2.52. The summed E-state index contributed by atoms with van der Waals surface area (Å²) in [5, 5.41) is 0. The minimum absolute atomic E-state index is 0.576. The van der Waals surface area contributed by atoms with Gasteiger partial charge in [-0.2, -0.15) is 8.42 Å². The molecular weight excluding hydrogens is 588 g/mol. The Kier molecular flexibility index (Phi) is 7.70. The van der Waals surface area contributed by atoms with E-state index in [2.05, 4.69) is 20.9 Å². The summed E-state index contributed by atoms with van der Waals surface area (Å²) in [7, 11) is -3.98. The Hall–Kier alpha value is -3.35. The Morgan fingerprint density at radius 1 is 0.846 bits per heavy atom. The number of ether oxygens (including phenoxy) is 2. The molecule has 0 amide bonds. The lowest BCUT2D eigenvalue weighted by atomic mass is 9.80. The van der Waals surface area contributed by atoms with Crippen molar-refractivity contribution in [3.63, 3.8) is 0 Å². The van der Waals surface area contributed by atoms with Crippen LogP contribution >= 0.6 is 15.9 Å². The summed E-state index contributed by atoms with van der Waals surface area (Å²) in [5.74, 6) is 0. The lowest BCUT2D eigenvalue weighted by molar-refractivity contribution is -0.213. The van der Waals surface area contributed by atoms with Crippen LogP contribution in [0.1, 0.15) is 22.9 Å². The normalized spacial score (nSPS) is 21.6. The van der Waals surface area contributed by atoms with Gasteiger partial charge in [0.2, 0.25) is 0 Å². The number of nitrogens with one attached hydrogen (secondary N) is 1. The zero-order valence-electron chi connectivity index (χ0n) is 20.7. The molecule has 1 saturated heterocycles. The number of H-pyrrole nitrogens is 1. The van der Waals surface area contributed by atoms with Crippen LogP contribution in [0.3, 0.4) is 0 Å². The number of nitrogens with zero attached hydrogens (tertiary/aromatic N) is 1. The van der Waals surface area contributed by atoms with Gasteiger partial charge in [0.25, 0.3) is 15.7 Å². The van der Waals surface area contributed by atoms with Gasteiger partial charge in [-0.15, -0.1) is 0 Å². The van der Waals surface area contributed by atoms with Gasteiger partial charge in [0.1, 0.15) is 11.7 Å². The van der Waals surface area contributed by atoms with Crippen molar-refractivity contribution in [3.8, 4) is 0 Å². The predicted molar refractivity (Wildman–Crippen MR) is 148 cm³/mol. The number of halogens is 1. The van der Waals surface area contributed by atoms with Gasteiger partial charge in [-0.25, -0.2) is 4.79 Å². The molecule has 1 aromatic heterocycles. The minimum Gasteiger partial charge on any atom is -0.329 e. The van der Waals surface area contributed by atoms with E-state index < -0.39 is 50.4 Å². The maximum Gasteiger partial charge on any atom is 0.330 e. The molecule has 0 aliphatic carbocycles. The van der Waals surface area contributed by atoms with Crippen LogP contribution in [-0.2, 0) is 29.4 Å². The monoisotopic (exact) mass is 612 g/mol. The number of benzene rings is 3. The summed E-state index contributed by atoms with van der Waals surface area (Å²) in [6.07, 6.45) is -1.33. The molecule has 4 atom stereocenters. The quantitative estimate of drug-likeness (QED) is 0.184. The molecule has 0 unspecified atom stereocenters. The molecule has 1 N–H and O–H groups in total. The molecule has 11 heteroatoms. The van der Waals surface area contributed by atoms with Crippen LogP contribution in [0.15, 0.2) is 113 Å². The zero-order valence-corrected chi connectivity index (χ0v) is 23.1. The summed E-state index contributed by atoms with van der Waals surface area (Å²) in [5.41, 5.74) is -0.269. The van der Waals surface area contributed by atoms with Crippen LogP contribution in [0.5, 0.6) is 0 Å². The van der Waals surface area contributed by atoms with E-state index in [1.54, 1.807) is 0 Å². The second-order valence-electron chi connectivity index (χ2n) is 9.02. The molecule has 202 valence electrons. The molecule has 0 radical (unpaired) electrons. The first-order chi connectivity index (χ1) is 18.7. The third kappa shape index (κ3) is 5.54. The summed E-state index contributed by atoms with van der Waals surface area (Å²) in [4.78, 5) is 25.6. The van der Waals surface area contributed by atoms with Gasteiger partial charge >= 0.3 is 5.69 Å². The molecule has 4 aromatic rings. The van der Waals surface area contributed by atoms with Gasteiger partial charge in [0.05, 0.1) is 11.1 Å². The smallest absolute Gasteiger partial charge is 0.329 e. The summed E-state index contributed by atoms with van der Waals surface area (Å²) < 4.78 is 44.4. The van der Waals surface area contributed by atoms with E-state index in [1.165, 1.54) is 12.3 Å². The average Bonchev–Trinajstić information content (AvgIpc) is 3.21. The van der Waals surface area contributed by atoms with E-state index in [0.29, 0.717) is 0 Å².